The van der Waals surface area contributed by atoms with Crippen LogP contribution in [0, 0.1) is 0 Å². The molecule has 0 aliphatic carbocycles. The molecule has 0 saturated heterocycles. The van der Waals surface area contributed by atoms with Crippen LogP contribution in [0.1, 0.15) is 0 Å². The maximum absolute atomic E-state index is 4.43. The summed E-state index contributed by atoms with van der Waals surface area (Å²) in [6, 6.07) is 0. The minimum absolute atomic E-state index is 0.778. The summed E-state index contributed by atoms with van der Waals surface area (Å²) in [5, 5.41) is 1.95. The van der Waals surface area contributed by atoms with Crippen LogP contribution in [-0.4, -0.2) is 50.8 Å². The van der Waals surface area contributed by atoms with Crippen LogP contribution in [0.4, 0.5) is 0 Å². The third-order valence-corrected chi connectivity index (χ3v) is 9.20. The van der Waals surface area contributed by atoms with Gasteiger partial charge < -0.3 is 0 Å². The molecule has 0 amide bonds. The maximum Gasteiger partial charge on any atom is 0.124 e. The van der Waals surface area contributed by atoms with E-state index in [-0.39, 0.29) is 0 Å². The van der Waals surface area contributed by atoms with Crippen LogP contribution in [0.3, 0.4) is 0 Å². The summed E-state index contributed by atoms with van der Waals surface area (Å²) < 4.78 is 2.03. The predicted molar refractivity (Wildman–Crippen MR) is 98.3 cm³/mol. The van der Waals surface area contributed by atoms with Crippen molar-refractivity contribution in [2.24, 2.45) is 0 Å². The molecule has 0 spiro atoms. The Hall–Kier alpha value is 0.139. The molecule has 0 aliphatic rings. The summed E-state index contributed by atoms with van der Waals surface area (Å²) in [7, 11) is 0. The van der Waals surface area contributed by atoms with Crippen LogP contribution in [0.5, 0.6) is 0 Å². The van der Waals surface area contributed by atoms with Crippen molar-refractivity contribution in [1.82, 2.24) is 19.9 Å². The van der Waals surface area contributed by atoms with Gasteiger partial charge in [-0.1, -0.05) is 0 Å². The van der Waals surface area contributed by atoms with Crippen LogP contribution in [-0.2, 0) is 0 Å². The van der Waals surface area contributed by atoms with Crippen molar-refractivity contribution >= 4 is 61.5 Å². The van der Waals surface area contributed by atoms with Crippen LogP contribution >= 0.6 is 39.5 Å². The molecule has 4 nitrogen and oxygen atoms in total. The Morgan fingerprint density at radius 1 is 0.810 bits per heavy atom. The zero-order valence-electron chi connectivity index (χ0n) is 12.8. The summed E-state index contributed by atoms with van der Waals surface area (Å²) in [5.74, 6) is 0. The van der Waals surface area contributed by atoms with E-state index < -0.39 is 18.4 Å². The van der Waals surface area contributed by atoms with Crippen molar-refractivity contribution < 1.29 is 0 Å². The van der Waals surface area contributed by atoms with E-state index in [4.69, 9.17) is 0 Å². The SMILES string of the molecule is CSc1cn[c]([Sn]([CH3])([CH3])[CH3])cn1.CSc1cnc(Br)cn1. The maximum atomic E-state index is 4.43. The van der Waals surface area contributed by atoms with Crippen molar-refractivity contribution in [3.63, 3.8) is 0 Å². The van der Waals surface area contributed by atoms with Gasteiger partial charge in [-0.25, -0.2) is 9.97 Å². The first-order valence-electron chi connectivity index (χ1n) is 6.25. The molecule has 0 radical (unpaired) electrons. The Labute approximate surface area is 147 Å². The Balaban J connectivity index is 0.000000219. The zero-order valence-corrected chi connectivity index (χ0v) is 18.9. The molecular weight excluding hydrogens is 475 g/mol. The molecule has 2 heterocycles. The van der Waals surface area contributed by atoms with Gasteiger partial charge in [-0.2, -0.15) is 0 Å². The topological polar surface area (TPSA) is 51.6 Å². The molecule has 0 bridgehead atoms. The molecule has 0 aromatic carbocycles. The molecule has 0 unspecified atom stereocenters. The molecule has 114 valence electrons. The van der Waals surface area contributed by atoms with Crippen molar-refractivity contribution in [3.8, 4) is 0 Å². The normalized spacial score (nSPS) is 10.8. The number of thioether (sulfide) groups is 2. The summed E-state index contributed by atoms with van der Waals surface area (Å²) in [6.45, 7) is 0. The molecule has 2 aromatic heterocycles. The van der Waals surface area contributed by atoms with Crippen LogP contribution < -0.4 is 3.71 Å². The van der Waals surface area contributed by atoms with Crippen molar-refractivity contribution in [3.05, 3.63) is 29.4 Å². The summed E-state index contributed by atoms with van der Waals surface area (Å²) in [5.41, 5.74) is 0. The summed E-state index contributed by atoms with van der Waals surface area (Å²) in [4.78, 5) is 23.8. The number of hydrogen-bond donors (Lipinski definition) is 0. The minimum Gasteiger partial charge on any atom is -0.246 e. The number of hydrogen-bond acceptors (Lipinski definition) is 6. The Bertz CT molecular complexity index is 544. The van der Waals surface area contributed by atoms with Gasteiger partial charge in [-0.3, -0.25) is 0 Å². The monoisotopic (exact) mass is 494 g/mol. The van der Waals surface area contributed by atoms with Crippen LogP contribution in [0.25, 0.3) is 0 Å². The molecule has 0 fully saturated rings. The van der Waals surface area contributed by atoms with E-state index >= 15 is 0 Å². The molecule has 0 N–H and O–H groups in total. The van der Waals surface area contributed by atoms with E-state index in [9.17, 15) is 0 Å². The molecule has 2 aromatic rings. The van der Waals surface area contributed by atoms with E-state index in [1.54, 1.807) is 35.9 Å². The van der Waals surface area contributed by atoms with Crippen molar-refractivity contribution in [2.45, 2.75) is 24.9 Å². The van der Waals surface area contributed by atoms with E-state index in [0.29, 0.717) is 0 Å². The average Bonchev–Trinajstić information content (AvgIpc) is 2.48. The number of halogens is 1. The Kier molecular flexibility index (Phi) is 8.51. The van der Waals surface area contributed by atoms with Gasteiger partial charge >= 0.3 is 82.3 Å². The molecule has 2 rings (SSSR count). The summed E-state index contributed by atoms with van der Waals surface area (Å²) >= 11 is 4.47. The fraction of sp³-hybridized carbons (Fsp3) is 0.385. The third kappa shape index (κ3) is 7.29. The van der Waals surface area contributed by atoms with E-state index in [0.717, 1.165) is 14.7 Å². The molecule has 0 atom stereocenters. The number of aromatic nitrogens is 4. The molecule has 0 aliphatic heterocycles. The van der Waals surface area contributed by atoms with Crippen LogP contribution in [0.15, 0.2) is 39.4 Å². The van der Waals surface area contributed by atoms with E-state index in [1.807, 2.05) is 24.9 Å². The van der Waals surface area contributed by atoms with Gasteiger partial charge in [-0.15, -0.1) is 11.8 Å². The van der Waals surface area contributed by atoms with Gasteiger partial charge in [0, 0.05) is 0 Å². The second-order valence-electron chi connectivity index (χ2n) is 5.08. The third-order valence-electron chi connectivity index (χ3n) is 2.41. The van der Waals surface area contributed by atoms with Gasteiger partial charge in [0.15, 0.2) is 0 Å². The van der Waals surface area contributed by atoms with Crippen molar-refractivity contribution in [1.29, 1.82) is 0 Å². The minimum atomic E-state index is -1.94. The molecule has 8 heteroatoms. The second-order valence-corrected chi connectivity index (χ2v) is 21.8. The van der Waals surface area contributed by atoms with Gasteiger partial charge in [0.2, 0.25) is 0 Å². The second kappa shape index (κ2) is 9.32. The molecule has 0 saturated carbocycles. The van der Waals surface area contributed by atoms with Gasteiger partial charge in [0.05, 0.1) is 12.4 Å². The summed E-state index contributed by atoms with van der Waals surface area (Å²) in [6.07, 6.45) is 11.2. The van der Waals surface area contributed by atoms with Crippen molar-refractivity contribution in [2.75, 3.05) is 12.5 Å². The van der Waals surface area contributed by atoms with E-state index in [2.05, 4.69) is 50.7 Å². The fourth-order valence-electron chi connectivity index (χ4n) is 1.21. The zero-order chi connectivity index (χ0) is 15.9. The van der Waals surface area contributed by atoms with Gasteiger partial charge in [-0.05, 0) is 22.2 Å². The predicted octanol–water partition coefficient (Wildman–Crippen LogP) is 3.70. The van der Waals surface area contributed by atoms with E-state index in [1.165, 1.54) is 3.71 Å². The molecule has 21 heavy (non-hydrogen) atoms. The number of nitrogens with zero attached hydrogens (tertiary/aromatic N) is 4. The molecular formula is C13H19BrN4S2Sn. The Morgan fingerprint density at radius 2 is 1.33 bits per heavy atom. The fourth-order valence-corrected chi connectivity index (χ4v) is 4.63. The quantitative estimate of drug-likeness (QED) is 0.480. The Morgan fingerprint density at radius 3 is 1.67 bits per heavy atom. The first kappa shape index (κ1) is 19.2. The average molecular weight is 494 g/mol. The van der Waals surface area contributed by atoms with Gasteiger partial charge in [0.25, 0.3) is 0 Å². The first-order valence-corrected chi connectivity index (χ1v) is 19.5. The smallest absolute Gasteiger partial charge is 0.124 e. The standard InChI is InChI=1S/C5H5BrN2S.C5H5N2S.3CH3.Sn/c1-9-5-3-7-4(6)2-8-5;1-8-5-4-6-2-3-7-5;;;;/h2-3H,1H3;3-4H,1H3;3*1H3;. The van der Waals surface area contributed by atoms with Crippen LogP contribution in [0.2, 0.25) is 14.8 Å². The van der Waals surface area contributed by atoms with Gasteiger partial charge in [0.1, 0.15) is 9.63 Å². The number of rotatable bonds is 3. The first-order chi connectivity index (χ1) is 9.86. The largest absolute Gasteiger partial charge is 0.246 e.